The third-order valence-electron chi connectivity index (χ3n) is 4.32. The van der Waals surface area contributed by atoms with Crippen LogP contribution in [0.3, 0.4) is 0 Å². The predicted molar refractivity (Wildman–Crippen MR) is 112 cm³/mol. The van der Waals surface area contributed by atoms with Crippen molar-refractivity contribution < 1.29 is 14.0 Å². The summed E-state index contributed by atoms with van der Waals surface area (Å²) in [5.74, 6) is -0.666. The Morgan fingerprint density at radius 2 is 1.76 bits per heavy atom. The molecule has 0 saturated carbocycles. The maximum atomic E-state index is 13.3. The number of amides is 3. The number of benzene rings is 2. The summed E-state index contributed by atoms with van der Waals surface area (Å²) in [6.45, 7) is 0. The zero-order valence-electron chi connectivity index (χ0n) is 15.3. The van der Waals surface area contributed by atoms with Gasteiger partial charge in [0.15, 0.2) is 0 Å². The number of nitrogens with one attached hydrogen (secondary N) is 2. The van der Waals surface area contributed by atoms with Crippen molar-refractivity contribution in [3.05, 3.63) is 92.9 Å². The van der Waals surface area contributed by atoms with Gasteiger partial charge in [-0.1, -0.05) is 48.0 Å². The normalized spacial score (nSPS) is 12.8. The van der Waals surface area contributed by atoms with E-state index in [9.17, 15) is 14.0 Å². The van der Waals surface area contributed by atoms with E-state index in [1.807, 2.05) is 17.5 Å². The second-order valence-electron chi connectivity index (χ2n) is 6.35. The fourth-order valence-electron chi connectivity index (χ4n) is 3.00. The fraction of sp³-hybridized carbons (Fsp3) is 0.143. The minimum Gasteiger partial charge on any atom is -0.352 e. The maximum absolute atomic E-state index is 13.3. The maximum Gasteiger partial charge on any atom is 0.312 e. The highest BCUT2D eigenvalue weighted by molar-refractivity contribution is 7.10. The molecule has 3 aromatic rings. The van der Waals surface area contributed by atoms with Crippen LogP contribution in [0.15, 0.2) is 66.0 Å². The van der Waals surface area contributed by atoms with E-state index in [1.165, 1.54) is 23.5 Å². The Kier molecular flexibility index (Phi) is 6.85. The molecule has 5 nitrogen and oxygen atoms in total. The van der Waals surface area contributed by atoms with E-state index in [4.69, 9.17) is 17.3 Å². The number of halogens is 2. The minimum absolute atomic E-state index is 0.0598. The molecule has 1 heterocycles. The summed E-state index contributed by atoms with van der Waals surface area (Å²) in [7, 11) is 0. The molecule has 8 heteroatoms. The molecule has 0 fully saturated rings. The van der Waals surface area contributed by atoms with Crippen molar-refractivity contribution >= 4 is 34.9 Å². The highest BCUT2D eigenvalue weighted by atomic mass is 35.5. The van der Waals surface area contributed by atoms with Crippen LogP contribution in [-0.4, -0.2) is 11.9 Å². The van der Waals surface area contributed by atoms with E-state index in [2.05, 4.69) is 10.6 Å². The van der Waals surface area contributed by atoms with Gasteiger partial charge in [0.25, 0.3) is 0 Å². The van der Waals surface area contributed by atoms with Crippen molar-refractivity contribution in [1.29, 1.82) is 0 Å². The molecule has 0 aliphatic heterocycles. The third-order valence-corrected chi connectivity index (χ3v) is 5.60. The predicted octanol–water partition coefficient (Wildman–Crippen LogP) is 4.55. The van der Waals surface area contributed by atoms with Crippen molar-refractivity contribution in [2.24, 2.45) is 5.73 Å². The van der Waals surface area contributed by atoms with Gasteiger partial charge in [-0.3, -0.25) is 4.79 Å². The Morgan fingerprint density at radius 3 is 2.38 bits per heavy atom. The number of nitrogens with two attached hydrogens (primary N) is 1. The van der Waals surface area contributed by atoms with Gasteiger partial charge in [-0.25, -0.2) is 9.18 Å². The summed E-state index contributed by atoms with van der Waals surface area (Å²) in [4.78, 5) is 25.2. The number of carbonyl (C=O) groups excluding carboxylic acids is 2. The van der Waals surface area contributed by atoms with Crippen LogP contribution in [-0.2, 0) is 4.79 Å². The van der Waals surface area contributed by atoms with Crippen molar-refractivity contribution in [2.45, 2.75) is 18.5 Å². The van der Waals surface area contributed by atoms with Gasteiger partial charge in [0.05, 0.1) is 18.5 Å². The summed E-state index contributed by atoms with van der Waals surface area (Å²) in [6.07, 6.45) is -0.0598. The summed E-state index contributed by atoms with van der Waals surface area (Å²) in [5.41, 5.74) is 6.63. The average Bonchev–Trinajstić information content (AvgIpc) is 3.21. The second kappa shape index (κ2) is 9.54. The van der Waals surface area contributed by atoms with Crippen molar-refractivity contribution in [3.8, 4) is 0 Å². The number of primary amides is 1. The largest absolute Gasteiger partial charge is 0.352 e. The number of thiophene rings is 1. The lowest BCUT2D eigenvalue weighted by Crippen LogP contribution is -2.37. The molecule has 2 atom stereocenters. The van der Waals surface area contributed by atoms with E-state index < -0.39 is 18.1 Å². The van der Waals surface area contributed by atoms with Crippen LogP contribution < -0.4 is 16.4 Å². The lowest BCUT2D eigenvalue weighted by molar-refractivity contribution is -0.122. The Hall–Kier alpha value is -2.90. The first kappa shape index (κ1) is 20.8. The molecule has 3 rings (SSSR count). The number of urea groups is 1. The van der Waals surface area contributed by atoms with Crippen LogP contribution in [0.1, 0.15) is 34.5 Å². The molecule has 150 valence electrons. The van der Waals surface area contributed by atoms with Crippen LogP contribution >= 0.6 is 22.9 Å². The molecule has 0 spiro atoms. The van der Waals surface area contributed by atoms with E-state index >= 15 is 0 Å². The molecular weight excluding hydrogens is 413 g/mol. The molecule has 29 heavy (non-hydrogen) atoms. The van der Waals surface area contributed by atoms with Gasteiger partial charge < -0.3 is 16.4 Å². The van der Waals surface area contributed by atoms with Crippen molar-refractivity contribution in [3.63, 3.8) is 0 Å². The average molecular weight is 432 g/mol. The van der Waals surface area contributed by atoms with Crippen LogP contribution in [0.2, 0.25) is 5.02 Å². The molecule has 4 N–H and O–H groups in total. The Balaban J connectivity index is 1.82. The molecule has 0 radical (unpaired) electrons. The van der Waals surface area contributed by atoms with E-state index in [0.29, 0.717) is 10.6 Å². The molecule has 0 saturated heterocycles. The van der Waals surface area contributed by atoms with Gasteiger partial charge in [0, 0.05) is 9.90 Å². The van der Waals surface area contributed by atoms with E-state index in [0.717, 1.165) is 10.4 Å². The number of carbonyl (C=O) groups is 2. The zero-order chi connectivity index (χ0) is 20.8. The van der Waals surface area contributed by atoms with Gasteiger partial charge in [0.1, 0.15) is 5.82 Å². The monoisotopic (exact) mass is 431 g/mol. The molecule has 2 unspecified atom stereocenters. The zero-order valence-corrected chi connectivity index (χ0v) is 16.8. The SMILES string of the molecule is NC(=O)NC(CC(=O)NC(c1ccc(F)cc1)c1cccs1)c1ccccc1Cl. The third kappa shape index (κ3) is 5.56. The molecular formula is C21H19ClFN3O2S. The van der Waals surface area contributed by atoms with Gasteiger partial charge in [-0.05, 0) is 40.8 Å². The topological polar surface area (TPSA) is 84.2 Å². The first-order valence-corrected chi connectivity index (χ1v) is 10.1. The van der Waals surface area contributed by atoms with Gasteiger partial charge >= 0.3 is 6.03 Å². The Bertz CT molecular complexity index is 980. The number of hydrogen-bond acceptors (Lipinski definition) is 3. The van der Waals surface area contributed by atoms with Crippen LogP contribution in [0.5, 0.6) is 0 Å². The summed E-state index contributed by atoms with van der Waals surface area (Å²) < 4.78 is 13.3. The highest BCUT2D eigenvalue weighted by Gasteiger charge is 2.23. The van der Waals surface area contributed by atoms with Gasteiger partial charge in [0.2, 0.25) is 5.91 Å². The van der Waals surface area contributed by atoms with Crippen molar-refractivity contribution in [1.82, 2.24) is 10.6 Å². The summed E-state index contributed by atoms with van der Waals surface area (Å²) in [6, 6.07) is 14.8. The Labute approximate surface area is 176 Å². The van der Waals surface area contributed by atoms with Crippen LogP contribution in [0, 0.1) is 5.82 Å². The van der Waals surface area contributed by atoms with Gasteiger partial charge in [-0.2, -0.15) is 0 Å². The molecule has 3 amide bonds. The molecule has 1 aromatic heterocycles. The van der Waals surface area contributed by atoms with Crippen LogP contribution in [0.4, 0.5) is 9.18 Å². The van der Waals surface area contributed by atoms with Gasteiger partial charge in [-0.15, -0.1) is 11.3 Å². The lowest BCUT2D eigenvalue weighted by atomic mass is 10.0. The number of hydrogen-bond donors (Lipinski definition) is 3. The van der Waals surface area contributed by atoms with E-state index in [-0.39, 0.29) is 18.1 Å². The summed E-state index contributed by atoms with van der Waals surface area (Å²) in [5, 5.41) is 7.86. The molecule has 2 aromatic carbocycles. The van der Waals surface area contributed by atoms with Crippen LogP contribution in [0.25, 0.3) is 0 Å². The quantitative estimate of drug-likeness (QED) is 0.513. The molecule has 0 aliphatic carbocycles. The second-order valence-corrected chi connectivity index (χ2v) is 7.74. The Morgan fingerprint density at radius 1 is 1.03 bits per heavy atom. The minimum atomic E-state index is -0.754. The first-order chi connectivity index (χ1) is 13.9. The smallest absolute Gasteiger partial charge is 0.312 e. The van der Waals surface area contributed by atoms with E-state index in [1.54, 1.807) is 36.4 Å². The number of rotatable bonds is 7. The highest BCUT2D eigenvalue weighted by Crippen LogP contribution is 2.28. The fourth-order valence-corrected chi connectivity index (χ4v) is 4.07. The standard InChI is InChI=1S/C21H19ClFN3O2S/c22-16-5-2-1-4-15(16)17(25-21(24)28)12-19(27)26-20(18-6-3-11-29-18)13-7-9-14(23)10-8-13/h1-11,17,20H,12H2,(H,26,27)(H3,24,25,28). The van der Waals surface area contributed by atoms with Crippen molar-refractivity contribution in [2.75, 3.05) is 0 Å². The molecule has 0 aliphatic rings. The lowest BCUT2D eigenvalue weighted by Gasteiger charge is -2.22. The molecule has 0 bridgehead atoms. The first-order valence-electron chi connectivity index (χ1n) is 8.82. The summed E-state index contributed by atoms with van der Waals surface area (Å²) >= 11 is 7.71.